The first-order chi connectivity index (χ1) is 6.06. The van der Waals surface area contributed by atoms with Gasteiger partial charge in [-0.3, -0.25) is 10.1 Å². The van der Waals surface area contributed by atoms with Gasteiger partial charge in [0, 0.05) is 6.07 Å². The van der Waals surface area contributed by atoms with Crippen LogP contribution < -0.4 is 5.73 Å². The van der Waals surface area contributed by atoms with E-state index in [1.54, 1.807) is 13.0 Å². The minimum Gasteiger partial charge on any atom is -0.397 e. The fourth-order valence-corrected chi connectivity index (χ4v) is 1.06. The Morgan fingerprint density at radius 3 is 2.69 bits per heavy atom. The minimum absolute atomic E-state index is 0.0735. The van der Waals surface area contributed by atoms with Gasteiger partial charge in [-0.05, 0) is 18.6 Å². The van der Waals surface area contributed by atoms with Crippen LogP contribution in [0.3, 0.4) is 0 Å². The summed E-state index contributed by atoms with van der Waals surface area (Å²) in [5.41, 5.74) is 5.95. The van der Waals surface area contributed by atoms with Crippen LogP contribution in [-0.2, 0) is 0 Å². The molecule has 0 aliphatic rings. The Kier molecular flexibility index (Phi) is 2.15. The molecule has 0 aromatic heterocycles. The molecule has 1 rings (SSSR count). The van der Waals surface area contributed by atoms with Crippen LogP contribution in [0.15, 0.2) is 12.1 Å². The summed E-state index contributed by atoms with van der Waals surface area (Å²) in [7, 11) is 0. The van der Waals surface area contributed by atoms with Crippen molar-refractivity contribution in [3.8, 4) is 6.07 Å². The van der Waals surface area contributed by atoms with Gasteiger partial charge in [0.2, 0.25) is 0 Å². The van der Waals surface area contributed by atoms with Crippen molar-refractivity contribution < 1.29 is 4.92 Å². The van der Waals surface area contributed by atoms with Gasteiger partial charge in [0.15, 0.2) is 5.56 Å². The van der Waals surface area contributed by atoms with Crippen LogP contribution in [0.4, 0.5) is 11.4 Å². The maximum atomic E-state index is 10.5. The summed E-state index contributed by atoms with van der Waals surface area (Å²) in [6, 6.07) is 4.57. The van der Waals surface area contributed by atoms with E-state index in [4.69, 9.17) is 11.0 Å². The van der Waals surface area contributed by atoms with Gasteiger partial charge in [-0.25, -0.2) is 0 Å². The number of nitrogens with two attached hydrogens (primary N) is 1. The normalized spacial score (nSPS) is 9.23. The van der Waals surface area contributed by atoms with Crippen LogP contribution in [0.5, 0.6) is 0 Å². The Hall–Kier alpha value is -2.09. The van der Waals surface area contributed by atoms with Crippen molar-refractivity contribution in [2.24, 2.45) is 0 Å². The van der Waals surface area contributed by atoms with E-state index in [9.17, 15) is 10.1 Å². The topological polar surface area (TPSA) is 93.0 Å². The molecule has 0 aliphatic carbocycles. The largest absolute Gasteiger partial charge is 0.397 e. The molecule has 0 spiro atoms. The van der Waals surface area contributed by atoms with Crippen molar-refractivity contribution in [2.75, 3.05) is 5.73 Å². The number of nitrogen functional groups attached to an aromatic ring is 1. The summed E-state index contributed by atoms with van der Waals surface area (Å²) < 4.78 is 0. The van der Waals surface area contributed by atoms with Crippen LogP contribution in [0.2, 0.25) is 0 Å². The van der Waals surface area contributed by atoms with Gasteiger partial charge in [0.1, 0.15) is 6.07 Å². The molecule has 1 aromatic carbocycles. The maximum absolute atomic E-state index is 10.5. The molecule has 0 saturated carbocycles. The highest BCUT2D eigenvalue weighted by Crippen LogP contribution is 2.24. The molecule has 1 aromatic rings. The summed E-state index contributed by atoms with van der Waals surface area (Å²) in [6.45, 7) is 1.69. The first kappa shape index (κ1) is 9.00. The van der Waals surface area contributed by atoms with Crippen molar-refractivity contribution in [3.63, 3.8) is 0 Å². The molecule has 0 saturated heterocycles. The molecule has 0 heterocycles. The van der Waals surface area contributed by atoms with E-state index in [-0.39, 0.29) is 16.9 Å². The predicted molar refractivity (Wildman–Crippen MR) is 47.0 cm³/mol. The average molecular weight is 177 g/mol. The number of nitriles is 1. The summed E-state index contributed by atoms with van der Waals surface area (Å²) in [4.78, 5) is 9.87. The van der Waals surface area contributed by atoms with Crippen LogP contribution in [0.25, 0.3) is 0 Å². The van der Waals surface area contributed by atoms with Gasteiger partial charge >= 0.3 is 0 Å². The number of hydrogen-bond donors (Lipinski definition) is 1. The lowest BCUT2D eigenvalue weighted by Crippen LogP contribution is -1.98. The molecule has 2 N–H and O–H groups in total. The average Bonchev–Trinajstić information content (AvgIpc) is 2.02. The lowest BCUT2D eigenvalue weighted by atomic mass is 10.1. The molecule has 0 fully saturated rings. The second-order valence-electron chi connectivity index (χ2n) is 2.62. The van der Waals surface area contributed by atoms with E-state index in [0.717, 1.165) is 0 Å². The van der Waals surface area contributed by atoms with Crippen molar-refractivity contribution in [1.82, 2.24) is 0 Å². The lowest BCUT2D eigenvalue weighted by molar-refractivity contribution is -0.385. The van der Waals surface area contributed by atoms with Crippen molar-refractivity contribution in [3.05, 3.63) is 33.4 Å². The van der Waals surface area contributed by atoms with Crippen LogP contribution >= 0.6 is 0 Å². The summed E-state index contributed by atoms with van der Waals surface area (Å²) in [5, 5.41) is 19.1. The molecule has 0 aliphatic heterocycles. The third-order valence-corrected chi connectivity index (χ3v) is 1.60. The number of anilines is 1. The van der Waals surface area contributed by atoms with E-state index in [1.807, 2.05) is 0 Å². The smallest absolute Gasteiger partial charge is 0.289 e. The molecule has 13 heavy (non-hydrogen) atoms. The Balaban J connectivity index is 3.50. The highest BCUT2D eigenvalue weighted by atomic mass is 16.6. The van der Waals surface area contributed by atoms with E-state index >= 15 is 0 Å². The standard InChI is InChI=1S/C8H7N3O2/c1-5-2-7(10)6(4-9)8(3-5)11(12)13/h2-3H,10H2,1H3. The maximum Gasteiger partial charge on any atom is 0.289 e. The fraction of sp³-hybridized carbons (Fsp3) is 0.125. The quantitative estimate of drug-likeness (QED) is 0.398. The third kappa shape index (κ3) is 1.56. The summed E-state index contributed by atoms with van der Waals surface area (Å²) >= 11 is 0. The lowest BCUT2D eigenvalue weighted by Gasteiger charge is -2.00. The Labute approximate surface area is 74.5 Å². The first-order valence-corrected chi connectivity index (χ1v) is 3.51. The first-order valence-electron chi connectivity index (χ1n) is 3.51. The Morgan fingerprint density at radius 2 is 2.23 bits per heavy atom. The SMILES string of the molecule is Cc1cc(N)c(C#N)c([N+](=O)[O-])c1. The highest BCUT2D eigenvalue weighted by molar-refractivity contribution is 5.65. The predicted octanol–water partition coefficient (Wildman–Crippen LogP) is 1.36. The molecular formula is C8H7N3O2. The summed E-state index contributed by atoms with van der Waals surface area (Å²) in [6.07, 6.45) is 0. The van der Waals surface area contributed by atoms with Gasteiger partial charge < -0.3 is 5.73 Å². The van der Waals surface area contributed by atoms with E-state index < -0.39 is 4.92 Å². The number of benzene rings is 1. The number of nitro groups is 1. The molecule has 0 unspecified atom stereocenters. The number of rotatable bonds is 1. The highest BCUT2D eigenvalue weighted by Gasteiger charge is 2.16. The molecule has 0 bridgehead atoms. The minimum atomic E-state index is -0.609. The molecule has 5 heteroatoms. The molecule has 0 atom stereocenters. The Morgan fingerprint density at radius 1 is 1.62 bits per heavy atom. The monoisotopic (exact) mass is 177 g/mol. The molecule has 66 valence electrons. The van der Waals surface area contributed by atoms with Gasteiger partial charge in [-0.1, -0.05) is 0 Å². The van der Waals surface area contributed by atoms with E-state index in [1.165, 1.54) is 12.1 Å². The number of nitro benzene ring substituents is 1. The second kappa shape index (κ2) is 3.11. The van der Waals surface area contributed by atoms with E-state index in [2.05, 4.69) is 0 Å². The molecule has 0 amide bonds. The van der Waals surface area contributed by atoms with Crippen molar-refractivity contribution >= 4 is 11.4 Å². The van der Waals surface area contributed by atoms with Gasteiger partial charge in [-0.2, -0.15) is 5.26 Å². The van der Waals surface area contributed by atoms with Crippen LogP contribution in [-0.4, -0.2) is 4.92 Å². The zero-order valence-electron chi connectivity index (χ0n) is 6.94. The van der Waals surface area contributed by atoms with E-state index in [0.29, 0.717) is 5.56 Å². The molecule has 0 radical (unpaired) electrons. The van der Waals surface area contributed by atoms with Crippen LogP contribution in [0.1, 0.15) is 11.1 Å². The van der Waals surface area contributed by atoms with Crippen molar-refractivity contribution in [2.45, 2.75) is 6.92 Å². The second-order valence-corrected chi connectivity index (χ2v) is 2.62. The third-order valence-electron chi connectivity index (χ3n) is 1.60. The van der Waals surface area contributed by atoms with Crippen LogP contribution in [0, 0.1) is 28.4 Å². The number of aryl methyl sites for hydroxylation is 1. The number of nitrogens with zero attached hydrogens (tertiary/aromatic N) is 2. The van der Waals surface area contributed by atoms with Gasteiger partial charge in [0.05, 0.1) is 10.6 Å². The van der Waals surface area contributed by atoms with Gasteiger partial charge in [-0.15, -0.1) is 0 Å². The number of hydrogen-bond acceptors (Lipinski definition) is 4. The molecular weight excluding hydrogens is 170 g/mol. The fourth-order valence-electron chi connectivity index (χ4n) is 1.06. The zero-order chi connectivity index (χ0) is 10.0. The van der Waals surface area contributed by atoms with Crippen molar-refractivity contribution in [1.29, 1.82) is 5.26 Å². The zero-order valence-corrected chi connectivity index (χ0v) is 6.94. The summed E-state index contributed by atoms with van der Waals surface area (Å²) in [5.74, 6) is 0. The van der Waals surface area contributed by atoms with Gasteiger partial charge in [0.25, 0.3) is 5.69 Å². The molecule has 5 nitrogen and oxygen atoms in total. The Bertz CT molecular complexity index is 407.